The number of hydrogen-bond acceptors (Lipinski definition) is 6. The molecule has 1 aromatic carbocycles. The Hall–Kier alpha value is -1.60. The minimum Gasteiger partial charge on any atom is -0.397 e. The summed E-state index contributed by atoms with van der Waals surface area (Å²) in [6.07, 6.45) is 0.804. The lowest BCUT2D eigenvalue weighted by Crippen LogP contribution is -2.22. The van der Waals surface area contributed by atoms with Crippen LogP contribution in [0, 0.1) is 0 Å². The van der Waals surface area contributed by atoms with Crippen molar-refractivity contribution in [2.24, 2.45) is 0 Å². The standard InChI is InChI=1S/C13H16N4OS2/c1-3-11-16-13(20-17-11)19-8(2)12(18)15-10-7-5-4-6-9(10)14/h4-8H,3,14H2,1-2H3,(H,15,18). The highest BCUT2D eigenvalue weighted by atomic mass is 32.2. The molecule has 5 nitrogen and oxygen atoms in total. The number of hydrogen-bond donors (Lipinski definition) is 2. The van der Waals surface area contributed by atoms with Gasteiger partial charge < -0.3 is 11.1 Å². The van der Waals surface area contributed by atoms with Gasteiger partial charge in [-0.05, 0) is 30.6 Å². The van der Waals surface area contributed by atoms with Crippen LogP contribution >= 0.6 is 23.3 Å². The van der Waals surface area contributed by atoms with Gasteiger partial charge in [-0.1, -0.05) is 30.8 Å². The van der Waals surface area contributed by atoms with Gasteiger partial charge in [0.2, 0.25) is 5.91 Å². The van der Waals surface area contributed by atoms with Crippen LogP contribution in [-0.4, -0.2) is 20.5 Å². The van der Waals surface area contributed by atoms with Crippen LogP contribution in [0.2, 0.25) is 0 Å². The summed E-state index contributed by atoms with van der Waals surface area (Å²) < 4.78 is 5.01. The summed E-state index contributed by atoms with van der Waals surface area (Å²) in [4.78, 5) is 16.5. The van der Waals surface area contributed by atoms with E-state index >= 15 is 0 Å². The summed E-state index contributed by atoms with van der Waals surface area (Å²) in [5.41, 5.74) is 6.99. The first-order chi connectivity index (χ1) is 9.60. The molecule has 1 amide bonds. The zero-order chi connectivity index (χ0) is 14.5. The number of para-hydroxylation sites is 2. The molecule has 0 fully saturated rings. The van der Waals surface area contributed by atoms with Gasteiger partial charge in [-0.25, -0.2) is 4.98 Å². The van der Waals surface area contributed by atoms with Gasteiger partial charge in [-0.15, -0.1) is 0 Å². The molecule has 3 N–H and O–H groups in total. The minimum absolute atomic E-state index is 0.0962. The van der Waals surface area contributed by atoms with E-state index in [1.807, 2.05) is 26.0 Å². The third-order valence-electron chi connectivity index (χ3n) is 2.63. The second kappa shape index (κ2) is 6.71. The molecule has 106 valence electrons. The highest BCUT2D eigenvalue weighted by Gasteiger charge is 2.17. The van der Waals surface area contributed by atoms with E-state index in [2.05, 4.69) is 14.7 Å². The average molecular weight is 308 g/mol. The highest BCUT2D eigenvalue weighted by molar-refractivity contribution is 8.02. The minimum atomic E-state index is -0.257. The number of nitrogens with zero attached hydrogens (tertiary/aromatic N) is 2. The lowest BCUT2D eigenvalue weighted by atomic mass is 10.2. The summed E-state index contributed by atoms with van der Waals surface area (Å²) in [5, 5.41) is 2.57. The van der Waals surface area contributed by atoms with Crippen LogP contribution in [0.15, 0.2) is 28.6 Å². The molecule has 0 saturated heterocycles. The number of aryl methyl sites for hydroxylation is 1. The number of benzene rings is 1. The summed E-state index contributed by atoms with van der Waals surface area (Å²) in [6.45, 7) is 3.84. The number of nitrogen functional groups attached to an aromatic ring is 1. The largest absolute Gasteiger partial charge is 0.397 e. The molecule has 0 aliphatic carbocycles. The predicted molar refractivity (Wildman–Crippen MR) is 84.1 cm³/mol. The van der Waals surface area contributed by atoms with Gasteiger partial charge in [0.25, 0.3) is 0 Å². The predicted octanol–water partition coefficient (Wildman–Crippen LogP) is 2.80. The van der Waals surface area contributed by atoms with Crippen molar-refractivity contribution in [3.05, 3.63) is 30.1 Å². The molecular weight excluding hydrogens is 292 g/mol. The molecule has 1 unspecified atom stereocenters. The fraction of sp³-hybridized carbons (Fsp3) is 0.308. The zero-order valence-corrected chi connectivity index (χ0v) is 12.9. The van der Waals surface area contributed by atoms with E-state index in [0.717, 1.165) is 16.6 Å². The van der Waals surface area contributed by atoms with Gasteiger partial charge in [0, 0.05) is 6.42 Å². The summed E-state index contributed by atoms with van der Waals surface area (Å²) >= 11 is 2.73. The second-order valence-corrected chi connectivity index (χ2v) is 6.51. The molecule has 1 atom stereocenters. The van der Waals surface area contributed by atoms with E-state index in [1.165, 1.54) is 23.3 Å². The first kappa shape index (κ1) is 14.8. The van der Waals surface area contributed by atoms with Crippen molar-refractivity contribution in [1.29, 1.82) is 0 Å². The smallest absolute Gasteiger partial charge is 0.237 e. The molecule has 0 bridgehead atoms. The Labute approximate surface area is 126 Å². The zero-order valence-electron chi connectivity index (χ0n) is 11.3. The third kappa shape index (κ3) is 3.71. The van der Waals surface area contributed by atoms with Gasteiger partial charge >= 0.3 is 0 Å². The molecule has 1 aromatic heterocycles. The van der Waals surface area contributed by atoms with Crippen LogP contribution in [0.25, 0.3) is 0 Å². The number of aromatic nitrogens is 2. The summed E-state index contributed by atoms with van der Waals surface area (Å²) in [5.74, 6) is 0.721. The van der Waals surface area contributed by atoms with E-state index in [1.54, 1.807) is 12.1 Å². The third-order valence-corrected chi connectivity index (χ3v) is 4.55. The molecule has 1 heterocycles. The van der Waals surface area contributed by atoms with Crippen LogP contribution in [-0.2, 0) is 11.2 Å². The van der Waals surface area contributed by atoms with E-state index in [4.69, 9.17) is 5.73 Å². The number of nitrogens with one attached hydrogen (secondary N) is 1. The fourth-order valence-corrected chi connectivity index (χ4v) is 3.32. The maximum atomic E-state index is 12.1. The van der Waals surface area contributed by atoms with Gasteiger partial charge in [0.05, 0.1) is 16.6 Å². The number of amides is 1. The van der Waals surface area contributed by atoms with Crippen LogP contribution < -0.4 is 11.1 Å². The summed E-state index contributed by atoms with van der Waals surface area (Å²) in [7, 11) is 0. The Kier molecular flexibility index (Phi) is 4.97. The lowest BCUT2D eigenvalue weighted by molar-refractivity contribution is -0.115. The molecule has 7 heteroatoms. The molecule has 0 spiro atoms. The van der Waals surface area contributed by atoms with Crippen molar-refractivity contribution in [3.63, 3.8) is 0 Å². The van der Waals surface area contributed by atoms with Crippen molar-refractivity contribution in [2.75, 3.05) is 11.1 Å². The number of thioether (sulfide) groups is 1. The van der Waals surface area contributed by atoms with E-state index in [0.29, 0.717) is 11.4 Å². The van der Waals surface area contributed by atoms with Crippen molar-refractivity contribution in [1.82, 2.24) is 9.36 Å². The maximum absolute atomic E-state index is 12.1. The Morgan fingerprint density at radius 2 is 2.25 bits per heavy atom. The van der Waals surface area contributed by atoms with Gasteiger partial charge in [0.15, 0.2) is 4.34 Å². The van der Waals surface area contributed by atoms with Gasteiger partial charge in [-0.3, -0.25) is 4.79 Å². The van der Waals surface area contributed by atoms with E-state index in [9.17, 15) is 4.79 Å². The van der Waals surface area contributed by atoms with Crippen molar-refractivity contribution in [2.45, 2.75) is 29.9 Å². The first-order valence-electron chi connectivity index (χ1n) is 6.24. The monoisotopic (exact) mass is 308 g/mol. The Morgan fingerprint density at radius 1 is 1.50 bits per heavy atom. The number of carbonyl (C=O) groups excluding carboxylic acids is 1. The van der Waals surface area contributed by atoms with E-state index < -0.39 is 0 Å². The van der Waals surface area contributed by atoms with Crippen LogP contribution in [0.3, 0.4) is 0 Å². The average Bonchev–Trinajstić information content (AvgIpc) is 2.89. The Morgan fingerprint density at radius 3 is 2.90 bits per heavy atom. The van der Waals surface area contributed by atoms with Crippen molar-refractivity contribution in [3.8, 4) is 0 Å². The van der Waals surface area contributed by atoms with Crippen LogP contribution in [0.4, 0.5) is 11.4 Å². The number of anilines is 2. The first-order valence-corrected chi connectivity index (χ1v) is 7.90. The molecule has 0 aliphatic heterocycles. The van der Waals surface area contributed by atoms with Gasteiger partial charge in [-0.2, -0.15) is 4.37 Å². The maximum Gasteiger partial charge on any atom is 0.237 e. The number of carbonyl (C=O) groups is 1. The quantitative estimate of drug-likeness (QED) is 0.656. The number of rotatable bonds is 5. The molecule has 2 rings (SSSR count). The van der Waals surface area contributed by atoms with Crippen LogP contribution in [0.1, 0.15) is 19.7 Å². The van der Waals surface area contributed by atoms with Crippen molar-refractivity contribution >= 4 is 40.6 Å². The fourth-order valence-electron chi connectivity index (χ4n) is 1.48. The molecule has 0 radical (unpaired) electrons. The van der Waals surface area contributed by atoms with Gasteiger partial charge in [0.1, 0.15) is 5.82 Å². The molecular formula is C13H16N4OS2. The van der Waals surface area contributed by atoms with E-state index in [-0.39, 0.29) is 11.2 Å². The lowest BCUT2D eigenvalue weighted by Gasteiger charge is -2.11. The Balaban J connectivity index is 1.97. The highest BCUT2D eigenvalue weighted by Crippen LogP contribution is 2.26. The number of nitrogens with two attached hydrogens (primary N) is 1. The van der Waals surface area contributed by atoms with Crippen LogP contribution in [0.5, 0.6) is 0 Å². The SMILES string of the molecule is CCc1nsc(SC(C)C(=O)Nc2ccccc2N)n1. The molecule has 20 heavy (non-hydrogen) atoms. The van der Waals surface area contributed by atoms with Crippen molar-refractivity contribution < 1.29 is 4.79 Å². The topological polar surface area (TPSA) is 80.9 Å². The molecule has 0 aliphatic rings. The molecule has 0 saturated carbocycles. The molecule has 2 aromatic rings. The normalized spacial score (nSPS) is 12.1. The Bertz CT molecular complexity index is 600. The second-order valence-electron chi connectivity index (χ2n) is 4.17. The summed E-state index contributed by atoms with van der Waals surface area (Å²) in [6, 6.07) is 7.20.